The van der Waals surface area contributed by atoms with Gasteiger partial charge in [-0.05, 0) is 43.2 Å². The van der Waals surface area contributed by atoms with Crippen LogP contribution in [0.25, 0.3) is 0 Å². The van der Waals surface area contributed by atoms with E-state index in [1.165, 1.54) is 25.3 Å². The topological polar surface area (TPSA) is 12.0 Å². The first-order valence-corrected chi connectivity index (χ1v) is 7.06. The summed E-state index contributed by atoms with van der Waals surface area (Å²) in [5.41, 5.74) is 0.874. The molecule has 1 saturated carbocycles. The molecule has 1 aromatic carbocycles. The fraction of sp³-hybridized carbons (Fsp3) is 0.600. The maximum Gasteiger partial charge on any atom is 0.147 e. The lowest BCUT2D eigenvalue weighted by Gasteiger charge is -2.22. The van der Waals surface area contributed by atoms with Crippen LogP contribution in [0.3, 0.4) is 0 Å². The van der Waals surface area contributed by atoms with Crippen LogP contribution in [0.4, 0.5) is 10.1 Å². The van der Waals surface area contributed by atoms with Crippen molar-refractivity contribution in [1.29, 1.82) is 0 Å². The molecule has 100 valence electrons. The molecule has 1 aliphatic carbocycles. The normalized spacial score (nSPS) is 23.4. The van der Waals surface area contributed by atoms with E-state index in [-0.39, 0.29) is 5.82 Å². The Hall–Kier alpha value is -0.760. The summed E-state index contributed by atoms with van der Waals surface area (Å²) in [6.07, 6.45) is 5.79. The minimum absolute atomic E-state index is 0.258. The fourth-order valence-electron chi connectivity index (χ4n) is 2.65. The lowest BCUT2D eigenvalue weighted by molar-refractivity contribution is 0.313. The van der Waals surface area contributed by atoms with Gasteiger partial charge in [0.05, 0.1) is 10.7 Å². The van der Waals surface area contributed by atoms with E-state index in [1.807, 2.05) is 0 Å². The maximum atomic E-state index is 13.7. The molecule has 1 fully saturated rings. The molecule has 1 atom stereocenters. The van der Waals surface area contributed by atoms with Crippen molar-refractivity contribution in [2.24, 2.45) is 5.41 Å². The van der Waals surface area contributed by atoms with E-state index in [9.17, 15) is 4.39 Å². The number of halogens is 2. The van der Waals surface area contributed by atoms with Crippen molar-refractivity contribution in [3.05, 3.63) is 29.0 Å². The van der Waals surface area contributed by atoms with E-state index < -0.39 is 0 Å². The predicted molar refractivity (Wildman–Crippen MR) is 75.7 cm³/mol. The molecule has 0 aromatic heterocycles. The summed E-state index contributed by atoms with van der Waals surface area (Å²) in [5, 5.41) is 3.76. The van der Waals surface area contributed by atoms with E-state index >= 15 is 0 Å². The zero-order valence-electron chi connectivity index (χ0n) is 11.1. The first kappa shape index (κ1) is 13.7. The number of nitrogens with one attached hydrogen (secondary N) is 1. The predicted octanol–water partition coefficient (Wildman–Crippen LogP) is 5.25. The highest BCUT2D eigenvalue weighted by molar-refractivity contribution is 6.33. The average Bonchev–Trinajstić information content (AvgIpc) is 2.46. The van der Waals surface area contributed by atoms with E-state index in [1.54, 1.807) is 12.1 Å². The fourth-order valence-corrected chi connectivity index (χ4v) is 2.86. The van der Waals surface area contributed by atoms with Gasteiger partial charge in [0, 0.05) is 6.04 Å². The third-order valence-corrected chi connectivity index (χ3v) is 4.20. The molecule has 0 spiro atoms. The number of benzene rings is 1. The number of anilines is 1. The Morgan fingerprint density at radius 2 is 2.06 bits per heavy atom. The van der Waals surface area contributed by atoms with Crippen molar-refractivity contribution in [1.82, 2.24) is 0 Å². The van der Waals surface area contributed by atoms with Gasteiger partial charge >= 0.3 is 0 Å². The van der Waals surface area contributed by atoms with Crippen molar-refractivity contribution in [3.63, 3.8) is 0 Å². The highest BCUT2D eigenvalue weighted by atomic mass is 35.5. The third-order valence-electron chi connectivity index (χ3n) is 3.89. The monoisotopic (exact) mass is 269 g/mol. The molecule has 0 radical (unpaired) electrons. The van der Waals surface area contributed by atoms with Crippen molar-refractivity contribution >= 4 is 17.3 Å². The third kappa shape index (κ3) is 3.38. The summed E-state index contributed by atoms with van der Waals surface area (Å²) in [7, 11) is 0. The van der Waals surface area contributed by atoms with Crippen molar-refractivity contribution < 1.29 is 4.39 Å². The van der Waals surface area contributed by atoms with Gasteiger partial charge in [0.15, 0.2) is 0 Å². The van der Waals surface area contributed by atoms with Crippen LogP contribution in [0.1, 0.15) is 46.0 Å². The zero-order valence-corrected chi connectivity index (χ0v) is 11.9. The van der Waals surface area contributed by atoms with Gasteiger partial charge in [0.1, 0.15) is 5.82 Å². The Labute approximate surface area is 114 Å². The quantitative estimate of drug-likeness (QED) is 0.723. The molecule has 2 rings (SSSR count). The SMILES string of the molecule is CC1(C)CCCC(Nc2c(F)cccc2Cl)CC1. The van der Waals surface area contributed by atoms with Crippen LogP contribution in [-0.4, -0.2) is 6.04 Å². The maximum absolute atomic E-state index is 13.7. The zero-order chi connectivity index (χ0) is 13.2. The van der Waals surface area contributed by atoms with Crippen molar-refractivity contribution in [2.75, 3.05) is 5.32 Å². The van der Waals surface area contributed by atoms with Gasteiger partial charge in [-0.25, -0.2) is 4.39 Å². The number of para-hydroxylation sites is 1. The lowest BCUT2D eigenvalue weighted by Crippen LogP contribution is -2.20. The Morgan fingerprint density at radius 1 is 1.28 bits per heavy atom. The minimum atomic E-state index is -0.258. The van der Waals surface area contributed by atoms with Crippen molar-refractivity contribution in [2.45, 2.75) is 52.0 Å². The molecule has 1 unspecified atom stereocenters. The van der Waals surface area contributed by atoms with E-state index in [0.717, 1.165) is 12.8 Å². The molecule has 1 aromatic rings. The van der Waals surface area contributed by atoms with Gasteiger partial charge < -0.3 is 5.32 Å². The number of hydrogen-bond donors (Lipinski definition) is 1. The van der Waals surface area contributed by atoms with Crippen LogP contribution in [0, 0.1) is 11.2 Å². The van der Waals surface area contributed by atoms with Crippen LogP contribution >= 0.6 is 11.6 Å². The number of rotatable bonds is 2. The van der Waals surface area contributed by atoms with E-state index in [2.05, 4.69) is 19.2 Å². The molecule has 0 bridgehead atoms. The summed E-state index contributed by atoms with van der Waals surface area (Å²) < 4.78 is 13.7. The first-order chi connectivity index (χ1) is 8.48. The highest BCUT2D eigenvalue weighted by Gasteiger charge is 2.24. The molecule has 3 heteroatoms. The van der Waals surface area contributed by atoms with Crippen LogP contribution < -0.4 is 5.32 Å². The van der Waals surface area contributed by atoms with Crippen molar-refractivity contribution in [3.8, 4) is 0 Å². The highest BCUT2D eigenvalue weighted by Crippen LogP contribution is 2.35. The largest absolute Gasteiger partial charge is 0.379 e. The van der Waals surface area contributed by atoms with Gasteiger partial charge in [0.25, 0.3) is 0 Å². The summed E-state index contributed by atoms with van der Waals surface area (Å²) in [4.78, 5) is 0. The van der Waals surface area contributed by atoms with Gasteiger partial charge in [-0.2, -0.15) is 0 Å². The number of hydrogen-bond acceptors (Lipinski definition) is 1. The Bertz CT molecular complexity index is 397. The second kappa shape index (κ2) is 5.48. The van der Waals surface area contributed by atoms with Crippen LogP contribution in [0.2, 0.25) is 5.02 Å². The summed E-state index contributed by atoms with van der Waals surface area (Å²) >= 11 is 6.04. The van der Waals surface area contributed by atoms with Crippen LogP contribution in [0.5, 0.6) is 0 Å². The Balaban J connectivity index is 2.05. The van der Waals surface area contributed by atoms with Gasteiger partial charge in [-0.1, -0.05) is 37.9 Å². The molecule has 1 aliphatic rings. The molecule has 0 heterocycles. The smallest absolute Gasteiger partial charge is 0.147 e. The molecular formula is C15H21ClFN. The first-order valence-electron chi connectivity index (χ1n) is 6.68. The molecule has 0 saturated heterocycles. The van der Waals surface area contributed by atoms with E-state index in [0.29, 0.717) is 22.2 Å². The molecule has 18 heavy (non-hydrogen) atoms. The molecular weight excluding hydrogens is 249 g/mol. The lowest BCUT2D eigenvalue weighted by atomic mass is 9.85. The van der Waals surface area contributed by atoms with Gasteiger partial charge in [0.2, 0.25) is 0 Å². The second-order valence-corrected chi connectivity index (χ2v) is 6.44. The minimum Gasteiger partial charge on any atom is -0.379 e. The van der Waals surface area contributed by atoms with Gasteiger partial charge in [-0.15, -0.1) is 0 Å². The summed E-state index contributed by atoms with van der Waals surface area (Å²) in [5.74, 6) is -0.258. The standard InChI is InChI=1S/C15H21ClFN/c1-15(2)9-4-5-11(8-10-15)18-14-12(16)6-3-7-13(14)17/h3,6-7,11,18H,4-5,8-10H2,1-2H3. The average molecular weight is 270 g/mol. The summed E-state index contributed by atoms with van der Waals surface area (Å²) in [6, 6.07) is 5.16. The Kier molecular flexibility index (Phi) is 4.16. The molecule has 0 aliphatic heterocycles. The molecule has 0 amide bonds. The molecule has 1 N–H and O–H groups in total. The van der Waals surface area contributed by atoms with Crippen LogP contribution in [-0.2, 0) is 0 Å². The van der Waals surface area contributed by atoms with Crippen LogP contribution in [0.15, 0.2) is 18.2 Å². The molecule has 1 nitrogen and oxygen atoms in total. The van der Waals surface area contributed by atoms with E-state index in [4.69, 9.17) is 11.6 Å². The summed E-state index contributed by atoms with van der Waals surface area (Å²) in [6.45, 7) is 4.62. The van der Waals surface area contributed by atoms with Gasteiger partial charge in [-0.3, -0.25) is 0 Å². The second-order valence-electron chi connectivity index (χ2n) is 6.03. The Morgan fingerprint density at radius 3 is 2.78 bits per heavy atom.